The molecule has 4 aliphatic rings. The molecule has 2 aliphatic carbocycles. The average molecular weight is 486 g/mol. The maximum Gasteiger partial charge on any atom is 0.238 e. The molecule has 4 N–H and O–H groups in total. The van der Waals surface area contributed by atoms with E-state index < -0.39 is 11.5 Å². The molecule has 2 fully saturated rings. The summed E-state index contributed by atoms with van der Waals surface area (Å²) < 4.78 is 5.97. The quantitative estimate of drug-likeness (QED) is 0.547. The first kappa shape index (κ1) is 21.9. The van der Waals surface area contributed by atoms with Crippen LogP contribution in [0.5, 0.6) is 5.75 Å². The first-order valence-corrected chi connectivity index (χ1v) is 12.7. The van der Waals surface area contributed by atoms with Crippen molar-refractivity contribution in [2.45, 2.75) is 44.8 Å². The van der Waals surface area contributed by atoms with Crippen molar-refractivity contribution in [2.75, 3.05) is 12.8 Å². The van der Waals surface area contributed by atoms with E-state index in [0.29, 0.717) is 12.3 Å². The van der Waals surface area contributed by atoms with Crippen molar-refractivity contribution in [2.24, 2.45) is 11.3 Å². The van der Waals surface area contributed by atoms with Crippen LogP contribution in [0.3, 0.4) is 0 Å². The van der Waals surface area contributed by atoms with Gasteiger partial charge in [-0.1, -0.05) is 17.7 Å². The molecule has 8 heteroatoms. The summed E-state index contributed by atoms with van der Waals surface area (Å²) in [6.45, 7) is 2.49. The van der Waals surface area contributed by atoms with Crippen molar-refractivity contribution in [3.63, 3.8) is 0 Å². The highest BCUT2D eigenvalue weighted by atomic mass is 32.1. The number of ether oxygens (including phenoxy) is 1. The molecule has 0 radical (unpaired) electrons. The first-order chi connectivity index (χ1) is 16.8. The van der Waals surface area contributed by atoms with E-state index in [-0.39, 0.29) is 17.3 Å². The first-order valence-electron chi connectivity index (χ1n) is 11.9. The maximum atomic E-state index is 13.7. The second-order valence-electron chi connectivity index (χ2n) is 10.1. The van der Waals surface area contributed by atoms with Crippen LogP contribution in [0.15, 0.2) is 47.6 Å². The summed E-state index contributed by atoms with van der Waals surface area (Å²) in [7, 11) is 1.65. The summed E-state index contributed by atoms with van der Waals surface area (Å²) in [5.41, 5.74) is 9.91. The van der Waals surface area contributed by atoms with E-state index in [9.17, 15) is 10.1 Å². The molecule has 0 bridgehead atoms. The molecule has 2 aliphatic heterocycles. The zero-order chi connectivity index (χ0) is 24.5. The van der Waals surface area contributed by atoms with Gasteiger partial charge in [0.2, 0.25) is 5.91 Å². The molecule has 1 saturated heterocycles. The Labute approximate surface area is 208 Å². The zero-order valence-electron chi connectivity index (χ0n) is 19.8. The lowest BCUT2D eigenvalue weighted by molar-refractivity contribution is -0.133. The molecule has 7 nitrogen and oxygen atoms in total. The number of nitrogens with two attached hydrogens (primary N) is 1. The van der Waals surface area contributed by atoms with Crippen molar-refractivity contribution in [1.82, 2.24) is 10.2 Å². The molecule has 0 spiro atoms. The smallest absolute Gasteiger partial charge is 0.238 e. The number of nitrogens with zero attached hydrogens (tertiary/aromatic N) is 2. The zero-order valence-corrected chi connectivity index (χ0v) is 20.6. The molecule has 35 heavy (non-hydrogen) atoms. The van der Waals surface area contributed by atoms with Crippen LogP contribution in [0.25, 0.3) is 11.1 Å². The number of carbonyl (C=O) groups excluding carboxylic acids is 1. The van der Waals surface area contributed by atoms with Crippen LogP contribution in [0.1, 0.15) is 42.4 Å². The van der Waals surface area contributed by atoms with Crippen LogP contribution in [0, 0.1) is 28.1 Å². The van der Waals surface area contributed by atoms with E-state index in [4.69, 9.17) is 15.9 Å². The van der Waals surface area contributed by atoms with Gasteiger partial charge in [-0.15, -0.1) is 11.3 Å². The van der Waals surface area contributed by atoms with E-state index in [1.54, 1.807) is 18.4 Å². The minimum absolute atomic E-state index is 0.0898. The Morgan fingerprint density at radius 3 is 2.74 bits per heavy atom. The molecule has 178 valence electrons. The Morgan fingerprint density at radius 2 is 2.06 bits per heavy atom. The Bertz CT molecular complexity index is 1390. The minimum Gasteiger partial charge on any atom is -0.487 e. The molecule has 1 aromatic carbocycles. The lowest BCUT2D eigenvalue weighted by Gasteiger charge is -2.46. The number of amides is 1. The number of anilines is 1. The number of carbonyl (C=O) groups is 1. The lowest BCUT2D eigenvalue weighted by atomic mass is 9.73. The molecular formula is C27H27N5O2S. The van der Waals surface area contributed by atoms with Crippen molar-refractivity contribution < 1.29 is 9.53 Å². The Hall–Kier alpha value is -3.57. The van der Waals surface area contributed by atoms with E-state index in [0.717, 1.165) is 57.9 Å². The van der Waals surface area contributed by atoms with Crippen molar-refractivity contribution in [3.05, 3.63) is 57.3 Å². The van der Waals surface area contributed by atoms with Gasteiger partial charge < -0.3 is 15.8 Å². The van der Waals surface area contributed by atoms with Gasteiger partial charge in [0.15, 0.2) is 5.96 Å². The van der Waals surface area contributed by atoms with Crippen molar-refractivity contribution in [1.29, 1.82) is 10.7 Å². The number of thiophene rings is 1. The number of hydrogen-bond donors (Lipinski definition) is 3. The fraction of sp³-hybridized carbons (Fsp3) is 0.370. The lowest BCUT2D eigenvalue weighted by Crippen LogP contribution is -2.64. The fourth-order valence-electron chi connectivity index (χ4n) is 5.66. The standard InChI is InChI=1S/C27H27N5O2S/c1-26(22-12-19-18-11-17(29)7-8-20(18)34-13-21(19)35-22)23(24(33)32(2)25(30)31-26)15-3-5-16(6-4-15)27(14-28)9-10-27/h3,5,7-8,11-12,23H,4,6,9-10,13,29H2,1-2H3,(H2,30,31)/t23-,26-/m1/s1. The Morgan fingerprint density at radius 1 is 1.26 bits per heavy atom. The molecule has 6 rings (SSSR count). The third kappa shape index (κ3) is 3.22. The van der Waals surface area contributed by atoms with Gasteiger partial charge in [0.25, 0.3) is 0 Å². The number of nitrogen functional groups attached to an aromatic ring is 1. The second kappa shape index (κ2) is 7.46. The minimum atomic E-state index is -0.785. The summed E-state index contributed by atoms with van der Waals surface area (Å²) in [6.07, 6.45) is 7.49. The molecule has 1 saturated carbocycles. The summed E-state index contributed by atoms with van der Waals surface area (Å²) in [6, 6.07) is 10.3. The van der Waals surface area contributed by atoms with Crippen LogP contribution < -0.4 is 15.8 Å². The van der Waals surface area contributed by atoms with Crippen LogP contribution in [-0.4, -0.2) is 23.8 Å². The number of allylic oxidation sites excluding steroid dienone is 3. The second-order valence-corrected chi connectivity index (χ2v) is 11.3. The van der Waals surface area contributed by atoms with E-state index >= 15 is 0 Å². The van der Waals surface area contributed by atoms with Gasteiger partial charge in [-0.3, -0.25) is 15.1 Å². The van der Waals surface area contributed by atoms with Crippen molar-refractivity contribution in [3.8, 4) is 22.9 Å². The number of hydrogen-bond acceptors (Lipinski definition) is 6. The number of guanidine groups is 1. The molecule has 2 aromatic rings. The number of rotatable bonds is 3. The largest absolute Gasteiger partial charge is 0.487 e. The molecule has 1 aromatic heterocycles. The SMILES string of the molecule is CN1C(=N)N[C@](C)(c2cc3c(s2)COc2ccc(N)cc2-3)[C@H](C2=CC=C(C3(C#N)CC3)CC2)C1=O. The third-order valence-electron chi connectivity index (χ3n) is 7.97. The highest BCUT2D eigenvalue weighted by Gasteiger charge is 2.52. The predicted octanol–water partition coefficient (Wildman–Crippen LogP) is 4.67. The van der Waals surface area contributed by atoms with Gasteiger partial charge in [0, 0.05) is 28.7 Å². The van der Waals surface area contributed by atoms with Crippen LogP contribution in [-0.2, 0) is 16.9 Å². The summed E-state index contributed by atoms with van der Waals surface area (Å²) in [4.78, 5) is 17.1. The third-order valence-corrected chi connectivity index (χ3v) is 9.32. The maximum absolute atomic E-state index is 13.7. The normalized spacial score (nSPS) is 26.4. The summed E-state index contributed by atoms with van der Waals surface area (Å²) in [5, 5.41) is 21.4. The predicted molar refractivity (Wildman–Crippen MR) is 136 cm³/mol. The number of fused-ring (bicyclic) bond motifs is 3. The highest BCUT2D eigenvalue weighted by molar-refractivity contribution is 7.12. The molecule has 3 heterocycles. The van der Waals surface area contributed by atoms with Crippen molar-refractivity contribution >= 4 is 28.9 Å². The van der Waals surface area contributed by atoms with Crippen LogP contribution in [0.4, 0.5) is 5.69 Å². The monoisotopic (exact) mass is 485 g/mol. The van der Waals surface area contributed by atoms with E-state index in [2.05, 4.69) is 23.5 Å². The Kier molecular flexibility index (Phi) is 4.68. The van der Waals surface area contributed by atoms with Crippen LogP contribution in [0.2, 0.25) is 0 Å². The average Bonchev–Trinajstić information content (AvgIpc) is 3.52. The highest BCUT2D eigenvalue weighted by Crippen LogP contribution is 2.55. The number of nitriles is 1. The molecule has 2 atom stereocenters. The number of benzene rings is 1. The Balaban J connectivity index is 1.44. The van der Waals surface area contributed by atoms with Gasteiger partial charge in [-0.05, 0) is 62.4 Å². The fourth-order valence-corrected chi connectivity index (χ4v) is 6.88. The van der Waals surface area contributed by atoms with Gasteiger partial charge in [-0.25, -0.2) is 0 Å². The van der Waals surface area contributed by atoms with Crippen LogP contribution >= 0.6 is 11.3 Å². The van der Waals surface area contributed by atoms with Gasteiger partial charge in [0.1, 0.15) is 12.4 Å². The summed E-state index contributed by atoms with van der Waals surface area (Å²) in [5.74, 6) is 0.346. The van der Waals surface area contributed by atoms with E-state index in [1.807, 2.05) is 31.2 Å². The van der Waals surface area contributed by atoms with Gasteiger partial charge in [0.05, 0.1) is 27.8 Å². The number of nitrogens with one attached hydrogen (secondary N) is 2. The molecule has 1 amide bonds. The summed E-state index contributed by atoms with van der Waals surface area (Å²) >= 11 is 1.62. The van der Waals surface area contributed by atoms with Gasteiger partial charge in [-0.2, -0.15) is 5.26 Å². The molecule has 0 unspecified atom stereocenters. The van der Waals surface area contributed by atoms with Gasteiger partial charge >= 0.3 is 0 Å². The molecular weight excluding hydrogens is 458 g/mol. The topological polar surface area (TPSA) is 115 Å². The van der Waals surface area contributed by atoms with E-state index in [1.165, 1.54) is 10.5 Å².